The van der Waals surface area contributed by atoms with Crippen molar-refractivity contribution in [3.05, 3.63) is 85.1 Å². The lowest BCUT2D eigenvalue weighted by Crippen LogP contribution is -2.30. The van der Waals surface area contributed by atoms with Crippen LogP contribution in [0.5, 0.6) is 0 Å². The van der Waals surface area contributed by atoms with Crippen molar-refractivity contribution in [3.63, 3.8) is 0 Å². The molecular weight excluding hydrogens is 973 g/mol. The van der Waals surface area contributed by atoms with E-state index in [-0.39, 0.29) is 31.6 Å². The van der Waals surface area contributed by atoms with E-state index in [2.05, 4.69) is 93.7 Å². The maximum atomic E-state index is 12.9. The summed E-state index contributed by atoms with van der Waals surface area (Å²) in [6, 6.07) is 0. The molecule has 0 amide bonds. The van der Waals surface area contributed by atoms with Gasteiger partial charge in [-0.05, 0) is 77.0 Å². The predicted molar refractivity (Wildman–Crippen MR) is 344 cm³/mol. The van der Waals surface area contributed by atoms with E-state index in [1.54, 1.807) is 6.08 Å². The minimum absolute atomic E-state index is 0.110. The third-order valence-electron chi connectivity index (χ3n) is 14.9. The summed E-state index contributed by atoms with van der Waals surface area (Å²) in [4.78, 5) is 38.2. The molecule has 0 fully saturated rings. The first-order valence-electron chi connectivity index (χ1n) is 34.1. The van der Waals surface area contributed by atoms with Gasteiger partial charge in [0, 0.05) is 12.8 Å². The highest BCUT2D eigenvalue weighted by atomic mass is 16.6. The quantitative estimate of drug-likeness (QED) is 0.0261. The molecule has 0 N–H and O–H groups in total. The summed E-state index contributed by atoms with van der Waals surface area (Å²) in [6.07, 6.45) is 89.4. The maximum Gasteiger partial charge on any atom is 0.309 e. The second-order valence-corrected chi connectivity index (χ2v) is 22.7. The summed E-state index contributed by atoms with van der Waals surface area (Å²) in [7, 11) is 0. The molecule has 0 aromatic heterocycles. The lowest BCUT2D eigenvalue weighted by Gasteiger charge is -2.18. The summed E-state index contributed by atoms with van der Waals surface area (Å²) < 4.78 is 16.8. The van der Waals surface area contributed by atoms with E-state index in [0.29, 0.717) is 12.8 Å². The summed E-state index contributed by atoms with van der Waals surface area (Å²) in [6.45, 7) is 6.45. The average Bonchev–Trinajstić information content (AvgIpc) is 3.45. The molecule has 6 heteroatoms. The van der Waals surface area contributed by atoms with E-state index in [1.165, 1.54) is 205 Å². The van der Waals surface area contributed by atoms with Gasteiger partial charge in [0.15, 0.2) is 6.10 Å². The number of carbonyl (C=O) groups is 3. The molecule has 0 heterocycles. The van der Waals surface area contributed by atoms with E-state index in [4.69, 9.17) is 14.2 Å². The molecule has 0 bridgehead atoms. The van der Waals surface area contributed by atoms with Crippen molar-refractivity contribution in [2.24, 2.45) is 0 Å². The summed E-state index contributed by atoms with van der Waals surface area (Å²) in [5.41, 5.74) is 0. The van der Waals surface area contributed by atoms with E-state index >= 15 is 0 Å². The van der Waals surface area contributed by atoms with Crippen LogP contribution in [0.1, 0.15) is 342 Å². The zero-order valence-electron chi connectivity index (χ0n) is 52.4. The third-order valence-corrected chi connectivity index (χ3v) is 14.9. The van der Waals surface area contributed by atoms with Crippen LogP contribution >= 0.6 is 0 Å². The second kappa shape index (κ2) is 67.1. The van der Waals surface area contributed by atoms with E-state index in [1.807, 2.05) is 6.08 Å². The minimum atomic E-state index is -0.824. The van der Waals surface area contributed by atoms with Crippen molar-refractivity contribution >= 4 is 17.9 Å². The smallest absolute Gasteiger partial charge is 0.309 e. The van der Waals surface area contributed by atoms with Gasteiger partial charge in [0.1, 0.15) is 13.2 Å². The Labute approximate surface area is 490 Å². The molecular formula is C73H128O6. The van der Waals surface area contributed by atoms with Crippen molar-refractivity contribution < 1.29 is 28.6 Å². The number of esters is 3. The zero-order chi connectivity index (χ0) is 57.1. The normalized spacial score (nSPS) is 12.6. The standard InChI is InChI=1S/C73H128O6/c1-4-7-10-13-16-19-22-25-28-30-31-32-33-34-35-36-37-38-39-40-41-42-43-46-48-51-54-57-60-63-66-72(75)78-69-70(68-77-71(74)65-62-59-56-53-50-47-44-27-24-21-18-15-12-9-6-3)79-73(76)67-64-61-58-55-52-49-45-29-26-23-20-17-14-11-8-5-2/h9,12,18,20-21,23,27,29,44-45,50,53,59,62,70H,4-8,10-11,13-17,19,22,24-26,28,30-43,46-49,51-52,54-58,60-61,63-69H2,1-3H3/b12-9-,21-18-,23-20-,44-27-,45-29-,53-50-,62-59-. The Bertz CT molecular complexity index is 1500. The Morgan fingerprint density at radius 1 is 0.278 bits per heavy atom. The summed E-state index contributed by atoms with van der Waals surface area (Å²) in [5.74, 6) is -1.04. The van der Waals surface area contributed by atoms with Gasteiger partial charge < -0.3 is 14.2 Å². The van der Waals surface area contributed by atoms with E-state index in [0.717, 1.165) is 96.3 Å². The minimum Gasteiger partial charge on any atom is -0.462 e. The second-order valence-electron chi connectivity index (χ2n) is 22.7. The molecule has 0 aliphatic heterocycles. The molecule has 0 rings (SSSR count). The molecule has 0 spiro atoms. The SMILES string of the molecule is CC/C=C\C/C=C\C/C=C\C/C=C\C/C=C\CC(=O)OCC(COC(=O)CCCCCCCCCCCCCCCCCCCCCCCCCCCCCCCC)OC(=O)CCCCCCC/C=C\C/C=C\CCCCCC. The Hall–Kier alpha value is -3.41. The molecule has 0 aromatic rings. The van der Waals surface area contributed by atoms with Gasteiger partial charge in [0.25, 0.3) is 0 Å². The molecule has 0 saturated heterocycles. The van der Waals surface area contributed by atoms with Gasteiger partial charge in [-0.2, -0.15) is 0 Å². The van der Waals surface area contributed by atoms with Crippen LogP contribution in [0.2, 0.25) is 0 Å². The first-order valence-corrected chi connectivity index (χ1v) is 34.1. The first-order chi connectivity index (χ1) is 39.0. The average molecular weight is 1100 g/mol. The Kier molecular flexibility index (Phi) is 64.2. The number of unbranched alkanes of at least 4 members (excludes halogenated alkanes) is 38. The number of rotatable bonds is 62. The molecule has 456 valence electrons. The Morgan fingerprint density at radius 3 is 0.899 bits per heavy atom. The molecule has 1 atom stereocenters. The lowest BCUT2D eigenvalue weighted by molar-refractivity contribution is -0.166. The van der Waals surface area contributed by atoms with E-state index in [9.17, 15) is 14.4 Å². The fourth-order valence-corrected chi connectivity index (χ4v) is 9.84. The molecule has 0 aliphatic rings. The van der Waals surface area contributed by atoms with Crippen LogP contribution in [-0.4, -0.2) is 37.2 Å². The maximum absolute atomic E-state index is 12.9. The summed E-state index contributed by atoms with van der Waals surface area (Å²) >= 11 is 0. The largest absolute Gasteiger partial charge is 0.462 e. The molecule has 0 saturated carbocycles. The van der Waals surface area contributed by atoms with Crippen molar-refractivity contribution in [1.29, 1.82) is 0 Å². The number of ether oxygens (including phenoxy) is 3. The Morgan fingerprint density at radius 2 is 0.544 bits per heavy atom. The van der Waals surface area contributed by atoms with Gasteiger partial charge in [-0.1, -0.05) is 331 Å². The van der Waals surface area contributed by atoms with Crippen LogP contribution in [0.15, 0.2) is 85.1 Å². The zero-order valence-corrected chi connectivity index (χ0v) is 52.4. The van der Waals surface area contributed by atoms with Crippen LogP contribution in [0.3, 0.4) is 0 Å². The fourth-order valence-electron chi connectivity index (χ4n) is 9.84. The van der Waals surface area contributed by atoms with Gasteiger partial charge in [-0.15, -0.1) is 0 Å². The first kappa shape index (κ1) is 75.6. The topological polar surface area (TPSA) is 78.9 Å². The lowest BCUT2D eigenvalue weighted by atomic mass is 10.0. The van der Waals surface area contributed by atoms with Gasteiger partial charge in [-0.25, -0.2) is 0 Å². The highest BCUT2D eigenvalue weighted by molar-refractivity contribution is 5.72. The van der Waals surface area contributed by atoms with Crippen LogP contribution in [0.25, 0.3) is 0 Å². The fraction of sp³-hybridized carbons (Fsp3) is 0.767. The number of carbonyl (C=O) groups excluding carboxylic acids is 3. The number of hydrogen-bond donors (Lipinski definition) is 0. The summed E-state index contributed by atoms with van der Waals surface area (Å²) in [5, 5.41) is 0. The van der Waals surface area contributed by atoms with Crippen LogP contribution in [-0.2, 0) is 28.6 Å². The third kappa shape index (κ3) is 65.3. The molecule has 1 unspecified atom stereocenters. The highest BCUT2D eigenvalue weighted by Crippen LogP contribution is 2.18. The van der Waals surface area contributed by atoms with Crippen LogP contribution < -0.4 is 0 Å². The molecule has 0 aliphatic carbocycles. The van der Waals surface area contributed by atoms with Gasteiger partial charge >= 0.3 is 17.9 Å². The predicted octanol–water partition coefficient (Wildman–Crippen LogP) is 23.4. The molecule has 79 heavy (non-hydrogen) atoms. The van der Waals surface area contributed by atoms with Gasteiger partial charge in [-0.3, -0.25) is 14.4 Å². The number of allylic oxidation sites excluding steroid dienone is 13. The van der Waals surface area contributed by atoms with Crippen molar-refractivity contribution in [2.75, 3.05) is 13.2 Å². The highest BCUT2D eigenvalue weighted by Gasteiger charge is 2.19. The van der Waals surface area contributed by atoms with Gasteiger partial charge in [0.2, 0.25) is 0 Å². The molecule has 0 aromatic carbocycles. The molecule has 0 radical (unpaired) electrons. The molecule has 6 nitrogen and oxygen atoms in total. The van der Waals surface area contributed by atoms with Gasteiger partial charge in [0.05, 0.1) is 6.42 Å². The van der Waals surface area contributed by atoms with Crippen LogP contribution in [0.4, 0.5) is 0 Å². The van der Waals surface area contributed by atoms with Crippen molar-refractivity contribution in [1.82, 2.24) is 0 Å². The van der Waals surface area contributed by atoms with E-state index < -0.39 is 12.1 Å². The number of hydrogen-bond acceptors (Lipinski definition) is 6. The Balaban J connectivity index is 4.26. The monoisotopic (exact) mass is 1100 g/mol. The van der Waals surface area contributed by atoms with Crippen LogP contribution in [0, 0.1) is 0 Å². The van der Waals surface area contributed by atoms with Crippen molar-refractivity contribution in [2.45, 2.75) is 348 Å². The van der Waals surface area contributed by atoms with Crippen molar-refractivity contribution in [3.8, 4) is 0 Å².